The SMILES string of the molecule is Cc1c(C(=O)COC(=O)CN2C(=O)NC3(CC(C)CC(C)(C)C3)C2=O)sc2ccccc12. The van der Waals surface area contributed by atoms with E-state index in [2.05, 4.69) is 26.1 Å². The van der Waals surface area contributed by atoms with Gasteiger partial charge in [-0.1, -0.05) is 39.0 Å². The lowest BCUT2D eigenvalue weighted by molar-refractivity contribution is -0.147. The number of carbonyl (C=O) groups is 4. The maximum atomic E-state index is 13.1. The van der Waals surface area contributed by atoms with Gasteiger partial charge in [-0.3, -0.25) is 19.3 Å². The molecule has 2 fully saturated rings. The molecule has 1 spiro atoms. The smallest absolute Gasteiger partial charge is 0.326 e. The summed E-state index contributed by atoms with van der Waals surface area (Å²) < 4.78 is 6.14. The van der Waals surface area contributed by atoms with E-state index in [4.69, 9.17) is 4.74 Å². The van der Waals surface area contributed by atoms with Gasteiger partial charge in [0.2, 0.25) is 5.78 Å². The Morgan fingerprint density at radius 2 is 1.94 bits per heavy atom. The second-order valence-corrected chi connectivity index (χ2v) is 10.9. The van der Waals surface area contributed by atoms with Crippen LogP contribution in [0.3, 0.4) is 0 Å². The molecule has 1 aromatic carbocycles. The van der Waals surface area contributed by atoms with Gasteiger partial charge in [-0.2, -0.15) is 0 Å². The zero-order valence-corrected chi connectivity index (χ0v) is 19.6. The van der Waals surface area contributed by atoms with E-state index in [0.29, 0.717) is 17.7 Å². The Balaban J connectivity index is 1.40. The molecule has 170 valence electrons. The number of urea groups is 1. The molecule has 0 radical (unpaired) electrons. The van der Waals surface area contributed by atoms with Gasteiger partial charge in [0.05, 0.1) is 4.88 Å². The number of fused-ring (bicyclic) bond motifs is 1. The van der Waals surface area contributed by atoms with Crippen molar-refractivity contribution < 1.29 is 23.9 Å². The van der Waals surface area contributed by atoms with Gasteiger partial charge in [0, 0.05) is 4.70 Å². The Bertz CT molecular complexity index is 1120. The van der Waals surface area contributed by atoms with Gasteiger partial charge in [0.15, 0.2) is 6.61 Å². The van der Waals surface area contributed by atoms with Crippen molar-refractivity contribution in [3.8, 4) is 0 Å². The van der Waals surface area contributed by atoms with Crippen molar-refractivity contribution in [3.63, 3.8) is 0 Å². The van der Waals surface area contributed by atoms with Crippen molar-refractivity contribution in [1.29, 1.82) is 0 Å². The Morgan fingerprint density at radius 3 is 2.62 bits per heavy atom. The van der Waals surface area contributed by atoms with Crippen molar-refractivity contribution in [1.82, 2.24) is 10.2 Å². The summed E-state index contributed by atoms with van der Waals surface area (Å²) in [5.41, 5.74) is -0.203. The normalized spacial score (nSPS) is 24.8. The van der Waals surface area contributed by atoms with E-state index in [1.54, 1.807) is 0 Å². The van der Waals surface area contributed by atoms with Gasteiger partial charge in [0.1, 0.15) is 12.1 Å². The van der Waals surface area contributed by atoms with Crippen LogP contribution >= 0.6 is 11.3 Å². The number of nitrogens with one attached hydrogen (secondary N) is 1. The number of amides is 3. The first kappa shape index (κ1) is 22.5. The van der Waals surface area contributed by atoms with Gasteiger partial charge in [-0.15, -0.1) is 11.3 Å². The van der Waals surface area contributed by atoms with Gasteiger partial charge in [-0.25, -0.2) is 4.79 Å². The predicted octanol–water partition coefficient (Wildman–Crippen LogP) is 4.07. The Kier molecular flexibility index (Phi) is 5.61. The van der Waals surface area contributed by atoms with Gasteiger partial charge in [-0.05, 0) is 54.5 Å². The van der Waals surface area contributed by atoms with E-state index in [9.17, 15) is 19.2 Å². The van der Waals surface area contributed by atoms with Crippen LogP contribution in [-0.4, -0.2) is 47.3 Å². The van der Waals surface area contributed by atoms with Crippen molar-refractivity contribution in [2.24, 2.45) is 11.3 Å². The number of esters is 1. The first-order chi connectivity index (χ1) is 15.0. The first-order valence-corrected chi connectivity index (χ1v) is 11.6. The van der Waals surface area contributed by atoms with Crippen LogP contribution in [0.15, 0.2) is 24.3 Å². The highest BCUT2D eigenvalue weighted by Crippen LogP contribution is 2.46. The molecule has 7 nitrogen and oxygen atoms in total. The van der Waals surface area contributed by atoms with Crippen molar-refractivity contribution >= 4 is 45.1 Å². The number of nitrogens with zero attached hydrogens (tertiary/aromatic N) is 1. The summed E-state index contributed by atoms with van der Waals surface area (Å²) in [5.74, 6) is -1.18. The molecule has 1 aromatic heterocycles. The number of Topliss-reactive ketones (excluding diaryl/α,β-unsaturated/α-hetero) is 1. The Hall–Kier alpha value is -2.74. The number of hydrogen-bond acceptors (Lipinski definition) is 6. The lowest BCUT2D eigenvalue weighted by Gasteiger charge is -2.43. The van der Waals surface area contributed by atoms with Crippen LogP contribution in [-0.2, 0) is 14.3 Å². The quantitative estimate of drug-likeness (QED) is 0.416. The Morgan fingerprint density at radius 1 is 1.22 bits per heavy atom. The number of ether oxygens (including phenoxy) is 1. The fraction of sp³-hybridized carbons (Fsp3) is 0.500. The lowest BCUT2D eigenvalue weighted by atomic mass is 9.64. The van der Waals surface area contributed by atoms with E-state index < -0.39 is 30.7 Å². The second kappa shape index (κ2) is 7.99. The number of benzene rings is 1. The highest BCUT2D eigenvalue weighted by Gasteiger charge is 2.56. The second-order valence-electron chi connectivity index (χ2n) is 9.89. The van der Waals surface area contributed by atoms with E-state index in [1.807, 2.05) is 31.2 Å². The molecule has 1 aliphatic carbocycles. The van der Waals surface area contributed by atoms with Gasteiger partial charge in [0.25, 0.3) is 5.91 Å². The molecular weight excluding hydrogens is 428 g/mol. The Labute approximate surface area is 191 Å². The summed E-state index contributed by atoms with van der Waals surface area (Å²) >= 11 is 1.36. The first-order valence-electron chi connectivity index (χ1n) is 10.8. The summed E-state index contributed by atoms with van der Waals surface area (Å²) in [5, 5.41) is 3.84. The number of rotatable bonds is 5. The topological polar surface area (TPSA) is 92.8 Å². The summed E-state index contributed by atoms with van der Waals surface area (Å²) in [6.07, 6.45) is 2.06. The number of hydrogen-bond donors (Lipinski definition) is 1. The number of carbonyl (C=O) groups excluding carboxylic acids is 4. The molecule has 2 atom stereocenters. The molecule has 2 aliphatic rings. The minimum Gasteiger partial charge on any atom is -0.456 e. The summed E-state index contributed by atoms with van der Waals surface area (Å²) in [6, 6.07) is 7.13. The molecule has 2 unspecified atom stereocenters. The van der Waals surface area contributed by atoms with E-state index in [0.717, 1.165) is 27.0 Å². The maximum Gasteiger partial charge on any atom is 0.326 e. The minimum absolute atomic E-state index is 0.0916. The molecule has 3 amide bonds. The molecule has 0 bridgehead atoms. The van der Waals surface area contributed by atoms with Gasteiger partial charge >= 0.3 is 12.0 Å². The number of imide groups is 1. The molecule has 1 N–H and O–H groups in total. The van der Waals surface area contributed by atoms with Crippen molar-refractivity contribution in [3.05, 3.63) is 34.7 Å². The fourth-order valence-corrected chi connectivity index (χ4v) is 6.61. The van der Waals surface area contributed by atoms with E-state index in [-0.39, 0.29) is 23.0 Å². The molecule has 2 aromatic rings. The highest BCUT2D eigenvalue weighted by molar-refractivity contribution is 7.21. The number of aryl methyl sites for hydroxylation is 1. The van der Waals surface area contributed by atoms with Crippen LogP contribution in [0.1, 0.15) is 55.3 Å². The zero-order chi connectivity index (χ0) is 23.3. The highest BCUT2D eigenvalue weighted by atomic mass is 32.1. The van der Waals surface area contributed by atoms with Crippen LogP contribution in [0.4, 0.5) is 4.79 Å². The largest absolute Gasteiger partial charge is 0.456 e. The third-order valence-electron chi connectivity index (χ3n) is 6.37. The molecule has 1 aliphatic heterocycles. The van der Waals surface area contributed by atoms with Crippen LogP contribution in [0.5, 0.6) is 0 Å². The van der Waals surface area contributed by atoms with Crippen molar-refractivity contribution in [2.45, 2.75) is 52.5 Å². The monoisotopic (exact) mass is 456 g/mol. The van der Waals surface area contributed by atoms with Gasteiger partial charge < -0.3 is 10.1 Å². The maximum absolute atomic E-state index is 13.1. The summed E-state index contributed by atoms with van der Waals surface area (Å²) in [6.45, 7) is 7.18. The minimum atomic E-state index is -0.970. The average Bonchev–Trinajstić information content (AvgIpc) is 3.14. The molecule has 2 heterocycles. The molecule has 4 rings (SSSR count). The average molecular weight is 457 g/mol. The fourth-order valence-electron chi connectivity index (χ4n) is 5.48. The number of ketones is 1. The van der Waals surface area contributed by atoms with E-state index in [1.165, 1.54) is 11.3 Å². The van der Waals surface area contributed by atoms with E-state index >= 15 is 0 Å². The van der Waals surface area contributed by atoms with Crippen LogP contribution in [0, 0.1) is 18.3 Å². The zero-order valence-electron chi connectivity index (χ0n) is 18.8. The summed E-state index contributed by atoms with van der Waals surface area (Å²) in [4.78, 5) is 52.2. The predicted molar refractivity (Wildman–Crippen MR) is 122 cm³/mol. The third-order valence-corrected chi connectivity index (χ3v) is 7.69. The molecule has 1 saturated carbocycles. The van der Waals surface area contributed by atoms with Crippen LogP contribution in [0.25, 0.3) is 10.1 Å². The summed E-state index contributed by atoms with van der Waals surface area (Å²) in [7, 11) is 0. The van der Waals surface area contributed by atoms with Crippen LogP contribution < -0.4 is 5.32 Å². The van der Waals surface area contributed by atoms with Crippen molar-refractivity contribution in [2.75, 3.05) is 13.2 Å². The molecule has 1 saturated heterocycles. The molecule has 32 heavy (non-hydrogen) atoms. The number of thiophene rings is 1. The third kappa shape index (κ3) is 4.03. The lowest BCUT2D eigenvalue weighted by Crippen LogP contribution is -2.54. The standard InChI is InChI=1S/C24H28N2O5S/c1-14-9-23(3,4)13-24(10-14)21(29)26(22(30)25-24)11-19(28)31-12-17(27)20-15(2)16-7-5-6-8-18(16)32-20/h5-8,14H,9-13H2,1-4H3,(H,25,30). The molecular formula is C24H28N2O5S. The van der Waals surface area contributed by atoms with Crippen LogP contribution in [0.2, 0.25) is 0 Å². The molecule has 8 heteroatoms.